The number of hydrogen-bond donors (Lipinski definition) is 1. The summed E-state index contributed by atoms with van der Waals surface area (Å²) in [7, 11) is -4.30. The Hall–Kier alpha value is -4.25. The lowest BCUT2D eigenvalue weighted by Crippen LogP contribution is -2.54. The summed E-state index contributed by atoms with van der Waals surface area (Å²) in [5, 5.41) is 14.3. The maximum Gasteiger partial charge on any atom is 0.271 e. The zero-order valence-corrected chi connectivity index (χ0v) is 23.6. The van der Waals surface area contributed by atoms with Crippen molar-refractivity contribution < 1.29 is 22.9 Å². The van der Waals surface area contributed by atoms with Crippen LogP contribution in [0.25, 0.3) is 0 Å². The van der Waals surface area contributed by atoms with Crippen molar-refractivity contribution >= 4 is 33.2 Å². The molecule has 0 aromatic heterocycles. The maximum atomic E-state index is 13.9. The van der Waals surface area contributed by atoms with Crippen LogP contribution in [-0.2, 0) is 26.0 Å². The number of nitrogens with one attached hydrogen (secondary N) is 1. The second-order valence-corrected chi connectivity index (χ2v) is 11.4. The van der Waals surface area contributed by atoms with Gasteiger partial charge in [-0.05, 0) is 50.5 Å². The molecule has 11 heteroatoms. The van der Waals surface area contributed by atoms with E-state index in [-0.39, 0.29) is 34.8 Å². The van der Waals surface area contributed by atoms with E-state index in [9.17, 15) is 28.1 Å². The largest absolute Gasteiger partial charge is 0.352 e. The van der Waals surface area contributed by atoms with E-state index in [1.807, 2.05) is 44.2 Å². The van der Waals surface area contributed by atoms with Gasteiger partial charge < -0.3 is 10.2 Å². The Bertz CT molecular complexity index is 1410. The van der Waals surface area contributed by atoms with Crippen LogP contribution >= 0.6 is 0 Å². The predicted octanol–water partition coefficient (Wildman–Crippen LogP) is 4.16. The van der Waals surface area contributed by atoms with Crippen molar-refractivity contribution in [3.63, 3.8) is 0 Å². The lowest BCUT2D eigenvalue weighted by atomic mass is 10.1. The third kappa shape index (κ3) is 7.66. The van der Waals surface area contributed by atoms with Gasteiger partial charge in [-0.3, -0.25) is 24.0 Å². The Kier molecular flexibility index (Phi) is 10.4. The molecule has 0 heterocycles. The van der Waals surface area contributed by atoms with Crippen LogP contribution in [0.3, 0.4) is 0 Å². The van der Waals surface area contributed by atoms with Gasteiger partial charge in [0.15, 0.2) is 0 Å². The van der Waals surface area contributed by atoms with Crippen LogP contribution in [0.4, 0.5) is 11.4 Å². The molecule has 10 nitrogen and oxygen atoms in total. The molecule has 40 heavy (non-hydrogen) atoms. The van der Waals surface area contributed by atoms with Crippen molar-refractivity contribution in [3.05, 3.63) is 101 Å². The summed E-state index contributed by atoms with van der Waals surface area (Å²) < 4.78 is 28.4. The van der Waals surface area contributed by atoms with Crippen molar-refractivity contribution in [1.82, 2.24) is 10.2 Å². The number of nitro groups is 1. The van der Waals surface area contributed by atoms with Gasteiger partial charge in [-0.2, -0.15) is 0 Å². The summed E-state index contributed by atoms with van der Waals surface area (Å²) in [4.78, 5) is 39.2. The molecule has 0 spiro atoms. The minimum absolute atomic E-state index is 0.0332. The van der Waals surface area contributed by atoms with Crippen LogP contribution in [0.2, 0.25) is 0 Å². The number of amides is 2. The van der Waals surface area contributed by atoms with E-state index in [2.05, 4.69) is 5.32 Å². The second kappa shape index (κ2) is 13.7. The lowest BCUT2D eigenvalue weighted by molar-refractivity contribution is -0.384. The highest BCUT2D eigenvalue weighted by atomic mass is 32.2. The van der Waals surface area contributed by atoms with E-state index in [4.69, 9.17) is 0 Å². The van der Waals surface area contributed by atoms with E-state index in [0.717, 1.165) is 15.9 Å². The molecule has 1 N–H and O–H groups in total. The van der Waals surface area contributed by atoms with Gasteiger partial charge in [0.1, 0.15) is 12.6 Å². The number of benzene rings is 3. The number of rotatable bonds is 13. The van der Waals surface area contributed by atoms with Gasteiger partial charge in [-0.1, -0.05) is 61.5 Å². The number of carbonyl (C=O) groups is 2. The summed E-state index contributed by atoms with van der Waals surface area (Å²) in [5.74, 6) is -0.945. The molecule has 212 valence electrons. The molecule has 2 amide bonds. The molecule has 0 saturated heterocycles. The van der Waals surface area contributed by atoms with Crippen LogP contribution in [0.15, 0.2) is 89.8 Å². The molecule has 0 aliphatic rings. The van der Waals surface area contributed by atoms with E-state index >= 15 is 0 Å². The van der Waals surface area contributed by atoms with Crippen LogP contribution in [0, 0.1) is 10.1 Å². The molecule has 1 atom stereocenters. The first-order valence-electron chi connectivity index (χ1n) is 13.0. The highest BCUT2D eigenvalue weighted by Gasteiger charge is 2.34. The standard InChI is InChI=1S/C29H34N4O6S/c1-4-27(29(35)30-22(2)3)31(19-18-23-12-7-5-8-13-23)28(34)21-32(24-14-11-15-25(20-24)33(36)37)40(38,39)26-16-9-6-10-17-26/h5-17,20,22,27H,4,18-19,21H2,1-3H3,(H,30,35). The zero-order valence-electron chi connectivity index (χ0n) is 22.8. The summed E-state index contributed by atoms with van der Waals surface area (Å²) in [5.41, 5.74) is 0.600. The van der Waals surface area contributed by atoms with E-state index in [1.54, 1.807) is 25.1 Å². The SMILES string of the molecule is CCC(C(=O)NC(C)C)N(CCc1ccccc1)C(=O)CN(c1cccc([N+](=O)[O-])c1)S(=O)(=O)c1ccccc1. The second-order valence-electron chi connectivity index (χ2n) is 9.51. The van der Waals surface area contributed by atoms with E-state index in [0.29, 0.717) is 12.8 Å². The molecule has 0 aliphatic carbocycles. The number of anilines is 1. The third-order valence-electron chi connectivity index (χ3n) is 6.24. The van der Waals surface area contributed by atoms with Crippen LogP contribution in [0.5, 0.6) is 0 Å². The minimum atomic E-state index is -4.30. The van der Waals surface area contributed by atoms with Crippen LogP contribution < -0.4 is 9.62 Å². The van der Waals surface area contributed by atoms with E-state index < -0.39 is 33.4 Å². The predicted molar refractivity (Wildman–Crippen MR) is 153 cm³/mol. The Morgan fingerprint density at radius 1 is 0.950 bits per heavy atom. The van der Waals surface area contributed by atoms with Crippen LogP contribution in [-0.4, -0.2) is 55.2 Å². The van der Waals surface area contributed by atoms with E-state index in [1.165, 1.54) is 35.2 Å². The molecule has 1 unspecified atom stereocenters. The maximum absolute atomic E-state index is 13.9. The number of hydrogen-bond acceptors (Lipinski definition) is 6. The first kappa shape index (κ1) is 30.3. The molecule has 0 bridgehead atoms. The number of non-ortho nitro benzene ring substituents is 1. The van der Waals surface area contributed by atoms with Crippen molar-refractivity contribution in [2.75, 3.05) is 17.4 Å². The normalized spacial score (nSPS) is 12.0. The molecule has 0 radical (unpaired) electrons. The number of carbonyl (C=O) groups excluding carboxylic acids is 2. The number of sulfonamides is 1. The fourth-order valence-electron chi connectivity index (χ4n) is 4.29. The topological polar surface area (TPSA) is 130 Å². The van der Waals surface area contributed by atoms with Gasteiger partial charge in [0, 0.05) is 24.7 Å². The van der Waals surface area contributed by atoms with Gasteiger partial charge in [0.05, 0.1) is 15.5 Å². The van der Waals surface area contributed by atoms with Gasteiger partial charge in [-0.25, -0.2) is 8.42 Å². The fourth-order valence-corrected chi connectivity index (χ4v) is 5.71. The van der Waals surface area contributed by atoms with Gasteiger partial charge in [0.25, 0.3) is 15.7 Å². The van der Waals surface area contributed by atoms with Crippen molar-refractivity contribution in [3.8, 4) is 0 Å². The average Bonchev–Trinajstić information content (AvgIpc) is 2.94. The van der Waals surface area contributed by atoms with Gasteiger partial charge in [0.2, 0.25) is 11.8 Å². The van der Waals surface area contributed by atoms with Crippen molar-refractivity contribution in [2.24, 2.45) is 0 Å². The molecular weight excluding hydrogens is 532 g/mol. The average molecular weight is 567 g/mol. The Morgan fingerprint density at radius 3 is 2.15 bits per heavy atom. The monoisotopic (exact) mass is 566 g/mol. The summed E-state index contributed by atoms with van der Waals surface area (Å²) >= 11 is 0. The fraction of sp³-hybridized carbons (Fsp3) is 0.310. The smallest absolute Gasteiger partial charge is 0.271 e. The first-order valence-corrected chi connectivity index (χ1v) is 14.4. The Balaban J connectivity index is 2.04. The quantitative estimate of drug-likeness (QED) is 0.244. The Morgan fingerprint density at radius 2 is 1.57 bits per heavy atom. The highest BCUT2D eigenvalue weighted by molar-refractivity contribution is 7.92. The molecule has 0 aliphatic heterocycles. The summed E-state index contributed by atoms with van der Waals surface area (Å²) in [6, 6.07) is 21.1. The molecule has 3 aromatic carbocycles. The van der Waals surface area contributed by atoms with Crippen molar-refractivity contribution in [2.45, 2.75) is 50.6 Å². The number of nitrogens with zero attached hydrogens (tertiary/aromatic N) is 3. The van der Waals surface area contributed by atoms with Gasteiger partial charge >= 0.3 is 0 Å². The van der Waals surface area contributed by atoms with Crippen LogP contribution in [0.1, 0.15) is 32.8 Å². The number of nitro benzene ring substituents is 1. The molecular formula is C29H34N4O6S. The molecule has 0 saturated carbocycles. The highest BCUT2D eigenvalue weighted by Crippen LogP contribution is 2.27. The third-order valence-corrected chi connectivity index (χ3v) is 8.03. The van der Waals surface area contributed by atoms with Gasteiger partial charge in [-0.15, -0.1) is 0 Å². The van der Waals surface area contributed by atoms with Crippen molar-refractivity contribution in [1.29, 1.82) is 0 Å². The zero-order chi connectivity index (χ0) is 29.3. The molecule has 3 rings (SSSR count). The Labute approximate surface area is 234 Å². The lowest BCUT2D eigenvalue weighted by Gasteiger charge is -2.33. The summed E-state index contributed by atoms with van der Waals surface area (Å²) in [6.45, 7) is 4.93. The molecule has 3 aromatic rings. The first-order chi connectivity index (χ1) is 19.0. The molecule has 0 fully saturated rings. The minimum Gasteiger partial charge on any atom is -0.352 e. The summed E-state index contributed by atoms with van der Waals surface area (Å²) in [6.07, 6.45) is 0.752.